The summed E-state index contributed by atoms with van der Waals surface area (Å²) in [6.07, 6.45) is 0.532. The lowest BCUT2D eigenvalue weighted by atomic mass is 10.0. The van der Waals surface area contributed by atoms with Gasteiger partial charge in [0, 0.05) is 6.20 Å². The predicted molar refractivity (Wildman–Crippen MR) is 75.6 cm³/mol. The molecule has 0 bridgehead atoms. The normalized spacial score (nSPS) is 11.6. The van der Waals surface area contributed by atoms with Gasteiger partial charge in [0.25, 0.3) is 0 Å². The molecule has 1 aromatic heterocycles. The summed E-state index contributed by atoms with van der Waals surface area (Å²) >= 11 is 0. The fourth-order valence-corrected chi connectivity index (χ4v) is 1.90. The van der Waals surface area contributed by atoms with Crippen LogP contribution in [0.3, 0.4) is 0 Å². The molecule has 0 saturated heterocycles. The lowest BCUT2D eigenvalue weighted by Crippen LogP contribution is -2.07. The summed E-state index contributed by atoms with van der Waals surface area (Å²) in [4.78, 5) is 15.9. The number of ether oxygens (including phenoxy) is 1. The fourth-order valence-electron chi connectivity index (χ4n) is 1.90. The maximum atomic E-state index is 12.9. The van der Waals surface area contributed by atoms with Crippen LogP contribution < -0.4 is 4.74 Å². The van der Waals surface area contributed by atoms with Gasteiger partial charge < -0.3 is 4.74 Å². The Labute approximate surface area is 125 Å². The number of rotatable bonds is 4. The van der Waals surface area contributed by atoms with Crippen LogP contribution >= 0.6 is 0 Å². The van der Waals surface area contributed by atoms with Gasteiger partial charge in [0.05, 0.1) is 24.4 Å². The van der Waals surface area contributed by atoms with E-state index >= 15 is 0 Å². The van der Waals surface area contributed by atoms with Gasteiger partial charge in [0.15, 0.2) is 5.78 Å². The molecule has 114 valence electrons. The van der Waals surface area contributed by atoms with E-state index in [1.807, 2.05) is 0 Å². The van der Waals surface area contributed by atoms with E-state index in [4.69, 9.17) is 4.74 Å². The minimum Gasteiger partial charge on any atom is -0.494 e. The fraction of sp³-hybridized carbons (Fsp3) is 0.125. The van der Waals surface area contributed by atoms with Crippen LogP contribution in [0.5, 0.6) is 5.75 Å². The molecule has 0 fully saturated rings. The average molecular weight is 307 g/mol. The van der Waals surface area contributed by atoms with Gasteiger partial charge in [-0.05, 0) is 23.8 Å². The molecule has 0 radical (unpaired) electrons. The first-order chi connectivity index (χ1) is 10.4. The van der Waals surface area contributed by atoms with Crippen molar-refractivity contribution in [3.8, 4) is 5.75 Å². The Morgan fingerprint density at radius 1 is 1.23 bits per heavy atom. The van der Waals surface area contributed by atoms with Gasteiger partial charge in [-0.25, -0.2) is 0 Å². The van der Waals surface area contributed by atoms with Crippen LogP contribution in [0.15, 0.2) is 48.8 Å². The molecule has 1 heterocycles. The third-order valence-corrected chi connectivity index (χ3v) is 2.95. The molecular formula is C16H12F3NO2. The van der Waals surface area contributed by atoms with Gasteiger partial charge >= 0.3 is 6.18 Å². The van der Waals surface area contributed by atoms with Gasteiger partial charge in [0.1, 0.15) is 5.75 Å². The molecule has 0 saturated carbocycles. The zero-order chi connectivity index (χ0) is 16.2. The van der Waals surface area contributed by atoms with Crippen molar-refractivity contribution in [3.63, 3.8) is 0 Å². The summed E-state index contributed by atoms with van der Waals surface area (Å²) in [5.41, 5.74) is -0.629. The van der Waals surface area contributed by atoms with Crippen LogP contribution in [-0.4, -0.2) is 17.9 Å². The number of nitrogens with zero attached hydrogens (tertiary/aromatic N) is 1. The molecule has 0 spiro atoms. The van der Waals surface area contributed by atoms with Gasteiger partial charge in [-0.15, -0.1) is 0 Å². The Morgan fingerprint density at radius 3 is 2.64 bits per heavy atom. The first-order valence-corrected chi connectivity index (χ1v) is 6.30. The van der Waals surface area contributed by atoms with Gasteiger partial charge in [-0.3, -0.25) is 9.78 Å². The number of ketones is 1. The van der Waals surface area contributed by atoms with Crippen molar-refractivity contribution in [2.24, 2.45) is 0 Å². The zero-order valence-electron chi connectivity index (χ0n) is 11.6. The van der Waals surface area contributed by atoms with Crippen molar-refractivity contribution in [3.05, 3.63) is 65.5 Å². The third kappa shape index (κ3) is 3.52. The zero-order valence-corrected chi connectivity index (χ0v) is 11.6. The molecule has 0 aliphatic rings. The van der Waals surface area contributed by atoms with Crippen LogP contribution in [0, 0.1) is 0 Å². The number of carbonyl (C=O) groups excluding carboxylic acids is 1. The van der Waals surface area contributed by atoms with Crippen LogP contribution in [0.4, 0.5) is 13.2 Å². The van der Waals surface area contributed by atoms with E-state index in [2.05, 4.69) is 4.98 Å². The molecule has 1 aromatic carbocycles. The second-order valence-electron chi connectivity index (χ2n) is 4.36. The van der Waals surface area contributed by atoms with Crippen molar-refractivity contribution in [2.45, 2.75) is 6.18 Å². The summed E-state index contributed by atoms with van der Waals surface area (Å²) in [7, 11) is 1.39. The maximum absolute atomic E-state index is 12.9. The SMILES string of the molecule is COc1cnccc1C(=O)/C=C/c1ccccc1C(F)(F)F. The van der Waals surface area contributed by atoms with Gasteiger partial charge in [-0.2, -0.15) is 13.2 Å². The Bertz CT molecular complexity index is 709. The molecule has 0 atom stereocenters. The first kappa shape index (κ1) is 15.8. The predicted octanol–water partition coefficient (Wildman–Crippen LogP) is 4.01. The number of aromatic nitrogens is 1. The number of halogens is 3. The quantitative estimate of drug-likeness (QED) is 0.633. The summed E-state index contributed by atoms with van der Waals surface area (Å²) < 4.78 is 43.6. The monoisotopic (exact) mass is 307 g/mol. The highest BCUT2D eigenvalue weighted by atomic mass is 19.4. The summed E-state index contributed by atoms with van der Waals surface area (Å²) in [6.45, 7) is 0. The summed E-state index contributed by atoms with van der Waals surface area (Å²) in [6, 6.07) is 6.50. The van der Waals surface area contributed by atoms with E-state index < -0.39 is 17.5 Å². The lowest BCUT2D eigenvalue weighted by molar-refractivity contribution is -0.137. The molecule has 3 nitrogen and oxygen atoms in total. The van der Waals surface area contributed by atoms with Crippen molar-refractivity contribution in [1.29, 1.82) is 0 Å². The molecule has 0 N–H and O–H groups in total. The van der Waals surface area contributed by atoms with Crippen LogP contribution in [0.25, 0.3) is 6.08 Å². The number of pyridine rings is 1. The van der Waals surface area contributed by atoms with E-state index in [1.165, 1.54) is 43.8 Å². The minimum absolute atomic E-state index is 0.0728. The number of carbonyl (C=O) groups is 1. The molecule has 6 heteroatoms. The van der Waals surface area contributed by atoms with Crippen LogP contribution in [0.1, 0.15) is 21.5 Å². The largest absolute Gasteiger partial charge is 0.494 e. The minimum atomic E-state index is -4.47. The topological polar surface area (TPSA) is 39.2 Å². The third-order valence-electron chi connectivity index (χ3n) is 2.95. The van der Waals surface area contributed by atoms with E-state index in [1.54, 1.807) is 0 Å². The number of benzene rings is 1. The number of alkyl halides is 3. The molecule has 0 aliphatic carbocycles. The van der Waals surface area contributed by atoms with Gasteiger partial charge in [0.2, 0.25) is 0 Å². The van der Waals surface area contributed by atoms with Crippen LogP contribution in [0.2, 0.25) is 0 Å². The molecule has 0 unspecified atom stereocenters. The van der Waals surface area contributed by atoms with E-state index in [0.717, 1.165) is 18.2 Å². The molecule has 2 rings (SSSR count). The van der Waals surface area contributed by atoms with E-state index in [0.29, 0.717) is 0 Å². The average Bonchev–Trinajstić information content (AvgIpc) is 2.52. The number of allylic oxidation sites excluding steroid dienone is 1. The number of hydrogen-bond acceptors (Lipinski definition) is 3. The summed E-state index contributed by atoms with van der Waals surface area (Å²) in [5, 5.41) is 0. The standard InChI is InChI=1S/C16H12F3NO2/c1-22-15-10-20-9-8-12(15)14(21)7-6-11-4-2-3-5-13(11)16(17,18)19/h2-10H,1H3/b7-6+. The van der Waals surface area contributed by atoms with Crippen molar-refractivity contribution < 1.29 is 22.7 Å². The molecule has 0 aliphatic heterocycles. The lowest BCUT2D eigenvalue weighted by Gasteiger charge is -2.09. The molecular weight excluding hydrogens is 295 g/mol. The van der Waals surface area contributed by atoms with E-state index in [-0.39, 0.29) is 16.9 Å². The van der Waals surface area contributed by atoms with Crippen molar-refractivity contribution >= 4 is 11.9 Å². The van der Waals surface area contributed by atoms with Gasteiger partial charge in [-0.1, -0.05) is 24.3 Å². The van der Waals surface area contributed by atoms with Crippen molar-refractivity contribution in [2.75, 3.05) is 7.11 Å². The number of methoxy groups -OCH3 is 1. The first-order valence-electron chi connectivity index (χ1n) is 6.30. The van der Waals surface area contributed by atoms with Crippen molar-refractivity contribution in [1.82, 2.24) is 4.98 Å². The maximum Gasteiger partial charge on any atom is 0.416 e. The Kier molecular flexibility index (Phi) is 4.60. The summed E-state index contributed by atoms with van der Waals surface area (Å²) in [5.74, 6) is -0.197. The molecule has 0 amide bonds. The Hall–Kier alpha value is -2.63. The smallest absolute Gasteiger partial charge is 0.416 e. The second-order valence-corrected chi connectivity index (χ2v) is 4.36. The highest BCUT2D eigenvalue weighted by molar-refractivity contribution is 6.08. The van der Waals surface area contributed by atoms with E-state index in [9.17, 15) is 18.0 Å². The highest BCUT2D eigenvalue weighted by Gasteiger charge is 2.32. The molecule has 2 aromatic rings. The Morgan fingerprint density at radius 2 is 1.95 bits per heavy atom. The highest BCUT2D eigenvalue weighted by Crippen LogP contribution is 2.32. The Balaban J connectivity index is 2.32. The van der Waals surface area contributed by atoms with Crippen LogP contribution in [-0.2, 0) is 6.18 Å². The second kappa shape index (κ2) is 6.43. The molecule has 22 heavy (non-hydrogen) atoms. The number of hydrogen-bond donors (Lipinski definition) is 0.